The first-order valence-electron chi connectivity index (χ1n) is 9.12. The lowest BCUT2D eigenvalue weighted by molar-refractivity contribution is 0.0948. The van der Waals surface area contributed by atoms with E-state index in [9.17, 15) is 13.2 Å². The van der Waals surface area contributed by atoms with Crippen LogP contribution in [-0.2, 0) is 10.0 Å². The number of para-hydroxylation sites is 1. The molecule has 1 unspecified atom stereocenters. The molecule has 0 spiro atoms. The van der Waals surface area contributed by atoms with Gasteiger partial charge in [0.1, 0.15) is 4.90 Å². The van der Waals surface area contributed by atoms with Gasteiger partial charge in [0.15, 0.2) is 0 Å². The second-order valence-corrected chi connectivity index (χ2v) is 8.65. The molecule has 0 saturated carbocycles. The van der Waals surface area contributed by atoms with E-state index in [2.05, 4.69) is 10.6 Å². The molecule has 7 heteroatoms. The summed E-state index contributed by atoms with van der Waals surface area (Å²) in [7, 11) is -2.35. The first kappa shape index (κ1) is 19.4. The minimum atomic E-state index is -3.85. The highest BCUT2D eigenvalue weighted by Crippen LogP contribution is 2.24. The van der Waals surface area contributed by atoms with Crippen molar-refractivity contribution in [3.8, 4) is 0 Å². The minimum absolute atomic E-state index is 0.0105. The van der Waals surface area contributed by atoms with Crippen molar-refractivity contribution in [2.45, 2.75) is 17.7 Å². The molecule has 2 aromatic carbocycles. The molecule has 2 N–H and O–H groups in total. The van der Waals surface area contributed by atoms with Gasteiger partial charge in [-0.1, -0.05) is 30.3 Å². The molecule has 1 aliphatic rings. The van der Waals surface area contributed by atoms with Gasteiger partial charge in [0, 0.05) is 13.6 Å². The highest BCUT2D eigenvalue weighted by atomic mass is 32.2. The van der Waals surface area contributed by atoms with Gasteiger partial charge in [0.2, 0.25) is 0 Å². The van der Waals surface area contributed by atoms with Gasteiger partial charge in [-0.3, -0.25) is 9.10 Å². The normalized spacial score (nSPS) is 16.9. The Kier molecular flexibility index (Phi) is 6.13. The van der Waals surface area contributed by atoms with E-state index in [1.165, 1.54) is 17.4 Å². The van der Waals surface area contributed by atoms with Crippen molar-refractivity contribution >= 4 is 21.6 Å². The number of hydrogen-bond donors (Lipinski definition) is 2. The van der Waals surface area contributed by atoms with Crippen molar-refractivity contribution in [3.05, 3.63) is 60.2 Å². The monoisotopic (exact) mass is 387 g/mol. The molecule has 0 bridgehead atoms. The molecule has 1 fully saturated rings. The van der Waals surface area contributed by atoms with Crippen molar-refractivity contribution in [1.29, 1.82) is 0 Å². The first-order valence-corrected chi connectivity index (χ1v) is 10.6. The van der Waals surface area contributed by atoms with E-state index in [1.54, 1.807) is 42.5 Å². The maximum Gasteiger partial charge on any atom is 0.264 e. The fraction of sp³-hybridized carbons (Fsp3) is 0.350. The Balaban J connectivity index is 1.77. The summed E-state index contributed by atoms with van der Waals surface area (Å²) in [6.07, 6.45) is 2.00. The zero-order valence-electron chi connectivity index (χ0n) is 15.4. The molecule has 1 heterocycles. The number of nitrogens with one attached hydrogen (secondary N) is 2. The quantitative estimate of drug-likeness (QED) is 0.764. The van der Waals surface area contributed by atoms with Crippen LogP contribution in [0.25, 0.3) is 0 Å². The van der Waals surface area contributed by atoms with Crippen LogP contribution in [0.4, 0.5) is 5.69 Å². The van der Waals surface area contributed by atoms with Crippen molar-refractivity contribution in [1.82, 2.24) is 10.6 Å². The van der Waals surface area contributed by atoms with Crippen LogP contribution in [0.3, 0.4) is 0 Å². The number of amides is 1. The fourth-order valence-corrected chi connectivity index (χ4v) is 4.63. The van der Waals surface area contributed by atoms with Crippen molar-refractivity contribution in [2.24, 2.45) is 5.92 Å². The summed E-state index contributed by atoms with van der Waals surface area (Å²) in [4.78, 5) is 12.6. The minimum Gasteiger partial charge on any atom is -0.352 e. The van der Waals surface area contributed by atoms with Crippen LogP contribution in [0.2, 0.25) is 0 Å². The van der Waals surface area contributed by atoms with E-state index < -0.39 is 10.0 Å². The second kappa shape index (κ2) is 8.54. The van der Waals surface area contributed by atoms with Gasteiger partial charge >= 0.3 is 0 Å². The summed E-state index contributed by atoms with van der Waals surface area (Å²) in [6, 6.07) is 15.2. The highest BCUT2D eigenvalue weighted by Gasteiger charge is 2.26. The van der Waals surface area contributed by atoms with E-state index in [0.717, 1.165) is 25.9 Å². The van der Waals surface area contributed by atoms with Crippen molar-refractivity contribution in [3.63, 3.8) is 0 Å². The molecule has 0 radical (unpaired) electrons. The molecule has 2 aromatic rings. The van der Waals surface area contributed by atoms with Gasteiger partial charge < -0.3 is 10.6 Å². The van der Waals surface area contributed by atoms with Gasteiger partial charge in [-0.05, 0) is 56.1 Å². The zero-order valence-corrected chi connectivity index (χ0v) is 16.2. The number of benzene rings is 2. The van der Waals surface area contributed by atoms with E-state index in [1.807, 2.05) is 6.07 Å². The van der Waals surface area contributed by atoms with Gasteiger partial charge in [-0.2, -0.15) is 0 Å². The molecule has 0 aromatic heterocycles. The molecular formula is C20H25N3O3S. The topological polar surface area (TPSA) is 78.5 Å². The number of sulfonamides is 1. The highest BCUT2D eigenvalue weighted by molar-refractivity contribution is 7.92. The van der Waals surface area contributed by atoms with Crippen LogP contribution < -0.4 is 14.9 Å². The van der Waals surface area contributed by atoms with Crippen LogP contribution in [0.5, 0.6) is 0 Å². The number of carbonyl (C=O) groups excluding carboxylic acids is 1. The number of hydrogen-bond acceptors (Lipinski definition) is 4. The van der Waals surface area contributed by atoms with Gasteiger partial charge in [0.05, 0.1) is 11.3 Å². The number of carbonyl (C=O) groups is 1. The van der Waals surface area contributed by atoms with Gasteiger partial charge in [-0.15, -0.1) is 0 Å². The van der Waals surface area contributed by atoms with E-state index in [-0.39, 0.29) is 16.4 Å². The van der Waals surface area contributed by atoms with Crippen molar-refractivity contribution in [2.75, 3.05) is 31.0 Å². The number of anilines is 1. The summed E-state index contributed by atoms with van der Waals surface area (Å²) in [6.45, 7) is 2.53. The van der Waals surface area contributed by atoms with Crippen LogP contribution >= 0.6 is 0 Å². The molecule has 27 heavy (non-hydrogen) atoms. The predicted molar refractivity (Wildman–Crippen MR) is 106 cm³/mol. The molecule has 1 aliphatic heterocycles. The summed E-state index contributed by atoms with van der Waals surface area (Å²) in [5.41, 5.74) is 0.714. The molecule has 144 valence electrons. The van der Waals surface area contributed by atoms with E-state index in [0.29, 0.717) is 18.2 Å². The van der Waals surface area contributed by atoms with Crippen LogP contribution in [0.1, 0.15) is 23.2 Å². The third-order valence-electron chi connectivity index (χ3n) is 4.89. The molecule has 1 amide bonds. The largest absolute Gasteiger partial charge is 0.352 e. The average Bonchev–Trinajstić information content (AvgIpc) is 3.21. The average molecular weight is 388 g/mol. The Morgan fingerprint density at radius 2 is 1.85 bits per heavy atom. The van der Waals surface area contributed by atoms with Crippen LogP contribution in [-0.4, -0.2) is 41.0 Å². The third-order valence-corrected chi connectivity index (χ3v) is 6.73. The molecule has 1 saturated heterocycles. The zero-order chi connectivity index (χ0) is 19.3. The van der Waals surface area contributed by atoms with E-state index >= 15 is 0 Å². The Morgan fingerprint density at radius 3 is 2.56 bits per heavy atom. The summed E-state index contributed by atoms with van der Waals surface area (Å²) in [5, 5.41) is 6.17. The number of rotatable bonds is 7. The molecule has 3 rings (SSSR count). The predicted octanol–water partition coefficient (Wildman–Crippen LogP) is 2.24. The fourth-order valence-electron chi connectivity index (χ4n) is 3.25. The Hall–Kier alpha value is -2.38. The van der Waals surface area contributed by atoms with Crippen LogP contribution in [0.15, 0.2) is 59.5 Å². The summed E-state index contributed by atoms with van der Waals surface area (Å²) < 4.78 is 27.4. The number of nitrogens with zero attached hydrogens (tertiary/aromatic N) is 1. The van der Waals surface area contributed by atoms with E-state index in [4.69, 9.17) is 0 Å². The summed E-state index contributed by atoms with van der Waals surface area (Å²) >= 11 is 0. The first-order chi connectivity index (χ1) is 13.0. The van der Waals surface area contributed by atoms with Gasteiger partial charge in [-0.25, -0.2) is 8.42 Å². The maximum atomic E-state index is 13.1. The second-order valence-electron chi connectivity index (χ2n) is 6.71. The lowest BCUT2D eigenvalue weighted by Gasteiger charge is -2.21. The van der Waals surface area contributed by atoms with Crippen molar-refractivity contribution < 1.29 is 13.2 Å². The molecule has 6 nitrogen and oxygen atoms in total. The Bertz CT molecular complexity index is 878. The SMILES string of the molecule is CN(c1ccccc1)S(=O)(=O)c1ccccc1C(=O)NCCC1CCNC1. The lowest BCUT2D eigenvalue weighted by atomic mass is 10.1. The molecule has 0 aliphatic carbocycles. The molecule has 1 atom stereocenters. The third kappa shape index (κ3) is 4.48. The standard InChI is InChI=1S/C20H25N3O3S/c1-23(17-7-3-2-4-8-17)27(25,26)19-10-6-5-9-18(19)20(24)22-14-12-16-11-13-21-15-16/h2-10,16,21H,11-15H2,1H3,(H,22,24). The maximum absolute atomic E-state index is 13.1. The Labute approximate surface area is 160 Å². The lowest BCUT2D eigenvalue weighted by Crippen LogP contribution is -2.31. The Morgan fingerprint density at radius 1 is 1.15 bits per heavy atom. The van der Waals surface area contributed by atoms with Gasteiger partial charge in [0.25, 0.3) is 15.9 Å². The van der Waals surface area contributed by atoms with Crippen LogP contribution in [0, 0.1) is 5.92 Å². The smallest absolute Gasteiger partial charge is 0.264 e. The summed E-state index contributed by atoms with van der Waals surface area (Å²) in [5.74, 6) is 0.204. The molecular weight excluding hydrogens is 362 g/mol.